The van der Waals surface area contributed by atoms with Gasteiger partial charge in [0, 0.05) is 18.8 Å². The number of hydrogen-bond acceptors (Lipinski definition) is 4. The van der Waals surface area contributed by atoms with E-state index < -0.39 is 6.04 Å². The minimum absolute atomic E-state index is 0.0724. The second kappa shape index (κ2) is 7.36. The molecule has 1 unspecified atom stereocenters. The molecule has 0 aliphatic carbocycles. The van der Waals surface area contributed by atoms with Crippen LogP contribution in [0.3, 0.4) is 0 Å². The molecule has 1 atom stereocenters. The molecule has 1 aromatic carbocycles. The highest BCUT2D eigenvalue weighted by atomic mass is 16.2. The summed E-state index contributed by atoms with van der Waals surface area (Å²) in [5.41, 5.74) is 2.06. The molecular formula is C20H20N4O2. The quantitative estimate of drug-likeness (QED) is 0.851. The fourth-order valence-corrected chi connectivity index (χ4v) is 3.27. The summed E-state index contributed by atoms with van der Waals surface area (Å²) in [4.78, 5) is 33.3. The summed E-state index contributed by atoms with van der Waals surface area (Å²) in [6, 6.07) is 14.2. The normalized spacial score (nSPS) is 16.4. The lowest BCUT2D eigenvalue weighted by atomic mass is 10.1. The van der Waals surface area contributed by atoms with Crippen LogP contribution in [0.25, 0.3) is 0 Å². The summed E-state index contributed by atoms with van der Waals surface area (Å²) >= 11 is 0. The van der Waals surface area contributed by atoms with Gasteiger partial charge in [-0.05, 0) is 44.5 Å². The van der Waals surface area contributed by atoms with Crippen LogP contribution in [-0.4, -0.2) is 40.8 Å². The topological polar surface area (TPSA) is 77.3 Å². The highest BCUT2D eigenvalue weighted by Gasteiger charge is 2.38. The van der Waals surface area contributed by atoms with Crippen molar-refractivity contribution in [3.05, 3.63) is 59.4 Å². The summed E-state index contributed by atoms with van der Waals surface area (Å²) in [6.07, 6.45) is 0.586. The lowest BCUT2D eigenvalue weighted by molar-refractivity contribution is -0.120. The van der Waals surface area contributed by atoms with Gasteiger partial charge in [0.1, 0.15) is 17.8 Å². The summed E-state index contributed by atoms with van der Waals surface area (Å²) < 4.78 is 0. The van der Waals surface area contributed by atoms with Crippen molar-refractivity contribution in [2.75, 3.05) is 18.0 Å². The van der Waals surface area contributed by atoms with E-state index >= 15 is 0 Å². The van der Waals surface area contributed by atoms with Crippen molar-refractivity contribution in [3.8, 4) is 6.07 Å². The Labute approximate surface area is 152 Å². The highest BCUT2D eigenvalue weighted by Crippen LogP contribution is 2.25. The number of nitrogens with zero attached hydrogens (tertiary/aromatic N) is 4. The van der Waals surface area contributed by atoms with E-state index in [2.05, 4.69) is 4.98 Å². The maximum atomic E-state index is 12.9. The molecule has 2 aromatic rings. The van der Waals surface area contributed by atoms with Crippen LogP contribution in [0.15, 0.2) is 42.5 Å². The van der Waals surface area contributed by atoms with Crippen LogP contribution in [-0.2, 0) is 4.79 Å². The molecule has 1 aliphatic rings. The maximum absolute atomic E-state index is 12.9. The molecule has 1 fully saturated rings. The number of nitriles is 1. The van der Waals surface area contributed by atoms with E-state index in [1.54, 1.807) is 28.9 Å². The van der Waals surface area contributed by atoms with Crippen molar-refractivity contribution in [2.24, 2.45) is 0 Å². The maximum Gasteiger partial charge on any atom is 0.273 e. The lowest BCUT2D eigenvalue weighted by Crippen LogP contribution is -2.45. The number of benzene rings is 1. The van der Waals surface area contributed by atoms with Crippen LogP contribution in [0.4, 0.5) is 5.69 Å². The number of pyridine rings is 1. The third-order valence-corrected chi connectivity index (χ3v) is 4.65. The fraction of sp³-hybridized carbons (Fsp3) is 0.300. The first-order chi connectivity index (χ1) is 12.6. The van der Waals surface area contributed by atoms with E-state index in [0.717, 1.165) is 5.69 Å². The number of hydrogen-bond donors (Lipinski definition) is 0. The molecule has 0 bridgehead atoms. The van der Waals surface area contributed by atoms with Crippen LogP contribution in [0, 0.1) is 18.3 Å². The minimum atomic E-state index is -0.495. The van der Waals surface area contributed by atoms with Gasteiger partial charge in [-0.2, -0.15) is 5.26 Å². The predicted molar refractivity (Wildman–Crippen MR) is 97.6 cm³/mol. The van der Waals surface area contributed by atoms with Gasteiger partial charge >= 0.3 is 0 Å². The average molecular weight is 348 g/mol. The number of aromatic nitrogens is 1. The largest absolute Gasteiger partial charge is 0.325 e. The first kappa shape index (κ1) is 17.6. The number of rotatable bonds is 4. The number of likely N-dealkylation sites (N-methyl/N-ethyl adjacent to an activating group) is 1. The molecular weight excluding hydrogens is 328 g/mol. The third kappa shape index (κ3) is 3.16. The summed E-state index contributed by atoms with van der Waals surface area (Å²) in [6.45, 7) is 4.55. The first-order valence-corrected chi connectivity index (χ1v) is 8.62. The van der Waals surface area contributed by atoms with Crippen LogP contribution >= 0.6 is 0 Å². The molecule has 1 saturated heterocycles. The van der Waals surface area contributed by atoms with Gasteiger partial charge in [-0.1, -0.05) is 18.2 Å². The van der Waals surface area contributed by atoms with E-state index in [1.165, 1.54) is 0 Å². The van der Waals surface area contributed by atoms with Gasteiger partial charge in [-0.15, -0.1) is 0 Å². The van der Waals surface area contributed by atoms with Gasteiger partial charge in [0.2, 0.25) is 5.91 Å². The van der Waals surface area contributed by atoms with E-state index in [4.69, 9.17) is 5.26 Å². The molecule has 2 heterocycles. The Morgan fingerprint density at radius 3 is 2.65 bits per heavy atom. The van der Waals surface area contributed by atoms with Gasteiger partial charge in [0.25, 0.3) is 5.91 Å². The number of carbonyl (C=O) groups excluding carboxylic acids is 2. The van der Waals surface area contributed by atoms with Gasteiger partial charge in [-0.3, -0.25) is 9.59 Å². The minimum Gasteiger partial charge on any atom is -0.325 e. The van der Waals surface area contributed by atoms with Crippen molar-refractivity contribution in [2.45, 2.75) is 26.3 Å². The number of carbonyl (C=O) groups is 2. The Morgan fingerprint density at radius 1 is 1.31 bits per heavy atom. The molecule has 0 spiro atoms. The number of anilines is 1. The lowest BCUT2D eigenvalue weighted by Gasteiger charge is -2.26. The summed E-state index contributed by atoms with van der Waals surface area (Å²) in [5, 5.41) is 9.01. The molecule has 6 nitrogen and oxygen atoms in total. The third-order valence-electron chi connectivity index (χ3n) is 4.65. The first-order valence-electron chi connectivity index (χ1n) is 8.62. The van der Waals surface area contributed by atoms with Crippen molar-refractivity contribution in [1.82, 2.24) is 9.88 Å². The Balaban J connectivity index is 1.83. The van der Waals surface area contributed by atoms with Gasteiger partial charge in [-0.25, -0.2) is 4.98 Å². The second-order valence-electron chi connectivity index (χ2n) is 6.16. The standard InChI is InChI=1S/C20H20N4O2/c1-3-23(19(25)17-10-9-15(13-21)14(2)22-17)18-11-12-24(20(18)26)16-7-5-4-6-8-16/h4-10,18H,3,11-12H2,1-2H3. The van der Waals surface area contributed by atoms with Crippen LogP contribution < -0.4 is 4.90 Å². The Bertz CT molecular complexity index is 873. The SMILES string of the molecule is CCN(C(=O)c1ccc(C#N)c(C)n1)C1CCN(c2ccccc2)C1=O. The van der Waals surface area contributed by atoms with Crippen molar-refractivity contribution >= 4 is 17.5 Å². The second-order valence-corrected chi connectivity index (χ2v) is 6.16. The van der Waals surface area contributed by atoms with Gasteiger partial charge in [0.15, 0.2) is 0 Å². The predicted octanol–water partition coefficient (Wildman–Crippen LogP) is 2.53. The summed E-state index contributed by atoms with van der Waals surface area (Å²) in [5.74, 6) is -0.356. The monoisotopic (exact) mass is 348 g/mol. The van der Waals surface area contributed by atoms with E-state index in [1.807, 2.05) is 43.3 Å². The summed E-state index contributed by atoms with van der Waals surface area (Å²) in [7, 11) is 0. The zero-order chi connectivity index (χ0) is 18.7. The Morgan fingerprint density at radius 2 is 2.04 bits per heavy atom. The highest BCUT2D eigenvalue weighted by molar-refractivity contribution is 6.03. The molecule has 1 aliphatic heterocycles. The van der Waals surface area contributed by atoms with Crippen molar-refractivity contribution in [3.63, 3.8) is 0 Å². The number of para-hydroxylation sites is 1. The Kier molecular flexibility index (Phi) is 4.99. The van der Waals surface area contributed by atoms with Crippen LogP contribution in [0.5, 0.6) is 0 Å². The molecule has 26 heavy (non-hydrogen) atoms. The molecule has 132 valence electrons. The smallest absolute Gasteiger partial charge is 0.273 e. The fourth-order valence-electron chi connectivity index (χ4n) is 3.27. The van der Waals surface area contributed by atoms with Crippen LogP contribution in [0.2, 0.25) is 0 Å². The average Bonchev–Trinajstić information content (AvgIpc) is 3.04. The molecule has 0 radical (unpaired) electrons. The van der Waals surface area contributed by atoms with E-state index in [9.17, 15) is 9.59 Å². The molecule has 0 N–H and O–H groups in total. The molecule has 0 saturated carbocycles. The van der Waals surface area contributed by atoms with Crippen molar-refractivity contribution in [1.29, 1.82) is 5.26 Å². The molecule has 1 aromatic heterocycles. The van der Waals surface area contributed by atoms with E-state index in [-0.39, 0.29) is 17.5 Å². The molecule has 2 amide bonds. The van der Waals surface area contributed by atoms with Crippen LogP contribution in [0.1, 0.15) is 35.1 Å². The van der Waals surface area contributed by atoms with E-state index in [0.29, 0.717) is 30.8 Å². The molecule has 3 rings (SSSR count). The van der Waals surface area contributed by atoms with Crippen molar-refractivity contribution < 1.29 is 9.59 Å². The number of aryl methyl sites for hydroxylation is 1. The molecule has 6 heteroatoms. The zero-order valence-corrected chi connectivity index (χ0v) is 14.8. The van der Waals surface area contributed by atoms with Gasteiger partial charge < -0.3 is 9.80 Å². The zero-order valence-electron chi connectivity index (χ0n) is 14.8. The Hall–Kier alpha value is -3.20. The number of amides is 2. The van der Waals surface area contributed by atoms with Gasteiger partial charge in [0.05, 0.1) is 11.3 Å².